The smallest absolute Gasteiger partial charge is 0.354 e. The molecule has 4 nitrogen and oxygen atoms in total. The van der Waals surface area contributed by atoms with Crippen LogP contribution in [0.15, 0.2) is 4.60 Å². The average Bonchev–Trinajstić information content (AvgIpc) is 2.30. The van der Waals surface area contributed by atoms with E-state index in [1.54, 1.807) is 14.0 Å². The first kappa shape index (κ1) is 12.2. The zero-order valence-electron chi connectivity index (χ0n) is 8.13. The summed E-state index contributed by atoms with van der Waals surface area (Å²) in [7, 11) is 1.60. The summed E-state index contributed by atoms with van der Waals surface area (Å²) in [6.45, 7) is 5.71. The highest BCUT2D eigenvalue weighted by Crippen LogP contribution is 2.17. The summed E-state index contributed by atoms with van der Waals surface area (Å²) in [5.41, 5.74) is 0.872. The van der Waals surface area contributed by atoms with Crippen molar-refractivity contribution in [2.45, 2.75) is 20.8 Å². The molecule has 0 unspecified atom stereocenters. The molecule has 13 heavy (non-hydrogen) atoms. The van der Waals surface area contributed by atoms with Crippen molar-refractivity contribution in [2.75, 3.05) is 0 Å². The van der Waals surface area contributed by atoms with Gasteiger partial charge in [-0.15, -0.1) is 0 Å². The second-order valence-electron chi connectivity index (χ2n) is 2.19. The Kier molecular flexibility index (Phi) is 4.69. The van der Waals surface area contributed by atoms with Crippen LogP contribution in [0.5, 0.6) is 0 Å². The molecule has 1 aromatic rings. The van der Waals surface area contributed by atoms with E-state index in [2.05, 4.69) is 21.0 Å². The molecule has 0 saturated carbocycles. The van der Waals surface area contributed by atoms with Gasteiger partial charge in [0.2, 0.25) is 0 Å². The number of carboxylic acid groups (broad SMARTS) is 1. The lowest BCUT2D eigenvalue weighted by Gasteiger charge is -1.93. The van der Waals surface area contributed by atoms with Gasteiger partial charge in [-0.05, 0) is 22.9 Å². The first-order valence-corrected chi connectivity index (χ1v) is 4.75. The van der Waals surface area contributed by atoms with Crippen LogP contribution >= 0.6 is 15.9 Å². The van der Waals surface area contributed by atoms with Crippen molar-refractivity contribution in [1.29, 1.82) is 0 Å². The molecule has 1 N–H and O–H groups in total. The Morgan fingerprint density at radius 1 is 1.54 bits per heavy atom. The Labute approximate surface area is 85.7 Å². The normalized spacial score (nSPS) is 9.00. The lowest BCUT2D eigenvalue weighted by atomic mass is 10.3. The third kappa shape index (κ3) is 2.55. The number of hydrogen-bond donors (Lipinski definition) is 1. The highest BCUT2D eigenvalue weighted by Gasteiger charge is 2.15. The fourth-order valence-electron chi connectivity index (χ4n) is 0.896. The molecule has 0 atom stereocenters. The van der Waals surface area contributed by atoms with Crippen LogP contribution in [0.2, 0.25) is 0 Å². The van der Waals surface area contributed by atoms with E-state index in [0.29, 0.717) is 10.2 Å². The molecule has 1 rings (SSSR count). The van der Waals surface area contributed by atoms with Gasteiger partial charge in [0.15, 0.2) is 0 Å². The first-order valence-electron chi connectivity index (χ1n) is 3.96. The molecular formula is C8H13BrN2O2. The topological polar surface area (TPSA) is 55.1 Å². The quantitative estimate of drug-likeness (QED) is 0.830. The Balaban J connectivity index is 0.000000671. The van der Waals surface area contributed by atoms with Crippen LogP contribution in [0.25, 0.3) is 0 Å². The molecule has 0 saturated heterocycles. The Morgan fingerprint density at radius 2 is 2.00 bits per heavy atom. The molecule has 0 aromatic carbocycles. The van der Waals surface area contributed by atoms with Gasteiger partial charge in [-0.2, -0.15) is 5.10 Å². The predicted molar refractivity (Wildman–Crippen MR) is 54.0 cm³/mol. The molecule has 0 bridgehead atoms. The second kappa shape index (κ2) is 5.01. The maximum Gasteiger partial charge on any atom is 0.354 e. The molecule has 0 amide bonds. The van der Waals surface area contributed by atoms with Gasteiger partial charge >= 0.3 is 5.97 Å². The number of carbonyl (C=O) groups is 1. The van der Waals surface area contributed by atoms with Crippen molar-refractivity contribution in [3.63, 3.8) is 0 Å². The molecule has 0 aliphatic rings. The molecule has 74 valence electrons. The zero-order chi connectivity index (χ0) is 10.6. The van der Waals surface area contributed by atoms with Gasteiger partial charge in [-0.3, -0.25) is 4.68 Å². The van der Waals surface area contributed by atoms with Crippen LogP contribution in [0.4, 0.5) is 0 Å². The van der Waals surface area contributed by atoms with E-state index in [0.717, 1.165) is 0 Å². The van der Waals surface area contributed by atoms with E-state index in [4.69, 9.17) is 5.11 Å². The highest BCUT2D eigenvalue weighted by atomic mass is 79.9. The average molecular weight is 249 g/mol. The first-order chi connectivity index (χ1) is 6.04. The van der Waals surface area contributed by atoms with Crippen molar-refractivity contribution in [3.8, 4) is 0 Å². The van der Waals surface area contributed by atoms with E-state index in [1.165, 1.54) is 4.68 Å². The third-order valence-corrected chi connectivity index (χ3v) is 2.18. The molecular weight excluding hydrogens is 236 g/mol. The Morgan fingerprint density at radius 3 is 2.15 bits per heavy atom. The van der Waals surface area contributed by atoms with E-state index in [9.17, 15) is 4.79 Å². The monoisotopic (exact) mass is 248 g/mol. The van der Waals surface area contributed by atoms with Crippen LogP contribution in [0.1, 0.15) is 29.9 Å². The van der Waals surface area contributed by atoms with Crippen molar-refractivity contribution in [1.82, 2.24) is 9.78 Å². The number of aryl methyl sites for hydroxylation is 1. The molecule has 0 fully saturated rings. The predicted octanol–water partition coefficient (Wildman–Crippen LogP) is 2.22. The van der Waals surface area contributed by atoms with Gasteiger partial charge in [0, 0.05) is 12.6 Å². The van der Waals surface area contributed by atoms with Crippen molar-refractivity contribution in [3.05, 3.63) is 15.9 Å². The molecule has 0 radical (unpaired) electrons. The number of rotatable bonds is 1. The fourth-order valence-corrected chi connectivity index (χ4v) is 1.32. The molecule has 0 spiro atoms. The second-order valence-corrected chi connectivity index (χ2v) is 2.94. The third-order valence-electron chi connectivity index (χ3n) is 1.43. The Bertz CT molecular complexity index is 307. The summed E-state index contributed by atoms with van der Waals surface area (Å²) in [6, 6.07) is 0. The number of carboxylic acids is 1. The summed E-state index contributed by atoms with van der Waals surface area (Å²) in [6.07, 6.45) is 0. The largest absolute Gasteiger partial charge is 0.477 e. The van der Waals surface area contributed by atoms with Crippen LogP contribution in [0, 0.1) is 6.92 Å². The maximum absolute atomic E-state index is 10.6. The van der Waals surface area contributed by atoms with Crippen molar-refractivity contribution >= 4 is 21.9 Å². The SMILES string of the molecule is CC.Cc1c(Br)nn(C)c1C(=O)O. The van der Waals surface area contributed by atoms with Crippen molar-refractivity contribution in [2.24, 2.45) is 7.05 Å². The zero-order valence-corrected chi connectivity index (χ0v) is 9.71. The number of nitrogens with zero attached hydrogens (tertiary/aromatic N) is 2. The van der Waals surface area contributed by atoms with E-state index < -0.39 is 5.97 Å². The maximum atomic E-state index is 10.6. The van der Waals surface area contributed by atoms with Crippen LogP contribution < -0.4 is 0 Å². The number of aromatic nitrogens is 2. The van der Waals surface area contributed by atoms with Gasteiger partial charge in [-0.1, -0.05) is 13.8 Å². The molecule has 5 heteroatoms. The fraction of sp³-hybridized carbons (Fsp3) is 0.500. The highest BCUT2D eigenvalue weighted by molar-refractivity contribution is 9.10. The minimum Gasteiger partial charge on any atom is -0.477 e. The van der Waals surface area contributed by atoms with Gasteiger partial charge in [0.05, 0.1) is 0 Å². The van der Waals surface area contributed by atoms with Gasteiger partial charge in [0.25, 0.3) is 0 Å². The molecule has 1 aromatic heterocycles. The summed E-state index contributed by atoms with van der Waals surface area (Å²) in [5, 5.41) is 12.6. The van der Waals surface area contributed by atoms with Gasteiger partial charge in [0.1, 0.15) is 10.3 Å². The van der Waals surface area contributed by atoms with E-state index >= 15 is 0 Å². The molecule has 0 aliphatic heterocycles. The van der Waals surface area contributed by atoms with E-state index in [1.807, 2.05) is 13.8 Å². The van der Waals surface area contributed by atoms with Crippen LogP contribution in [-0.2, 0) is 7.05 Å². The molecule has 0 aliphatic carbocycles. The van der Waals surface area contributed by atoms with Crippen LogP contribution in [0.3, 0.4) is 0 Å². The minimum atomic E-state index is -0.955. The summed E-state index contributed by atoms with van der Waals surface area (Å²) in [4.78, 5) is 10.6. The number of halogens is 1. The van der Waals surface area contributed by atoms with Gasteiger partial charge < -0.3 is 5.11 Å². The lowest BCUT2D eigenvalue weighted by molar-refractivity contribution is 0.0684. The summed E-state index contributed by atoms with van der Waals surface area (Å²) >= 11 is 3.14. The minimum absolute atomic E-state index is 0.219. The standard InChI is InChI=1S/C6H7BrN2O2.C2H6/c1-3-4(6(10)11)9(2)8-5(3)7;1-2/h1-2H3,(H,10,11);1-2H3. The van der Waals surface area contributed by atoms with Crippen molar-refractivity contribution < 1.29 is 9.90 Å². The van der Waals surface area contributed by atoms with Gasteiger partial charge in [-0.25, -0.2) is 4.79 Å². The van der Waals surface area contributed by atoms with Crippen LogP contribution in [-0.4, -0.2) is 20.9 Å². The van der Waals surface area contributed by atoms with E-state index in [-0.39, 0.29) is 5.69 Å². The Hall–Kier alpha value is -0.840. The molecule has 1 heterocycles. The summed E-state index contributed by atoms with van der Waals surface area (Å²) in [5.74, 6) is -0.955. The number of aromatic carboxylic acids is 1. The number of hydrogen-bond acceptors (Lipinski definition) is 2. The lowest BCUT2D eigenvalue weighted by Crippen LogP contribution is -2.06. The summed E-state index contributed by atoms with van der Waals surface area (Å²) < 4.78 is 1.92.